The smallest absolute Gasteiger partial charge is 0.306 e. The molecule has 0 spiro atoms. The van der Waals surface area contributed by atoms with Gasteiger partial charge in [-0.1, -0.05) is 13.8 Å². The number of esters is 1. The fraction of sp³-hybridized carbons (Fsp3) is 0.971. The summed E-state index contributed by atoms with van der Waals surface area (Å²) in [5.41, 5.74) is 6.52. The molecule has 6 heteroatoms. The largest absolute Gasteiger partial charge is 0.463 e. The molecule has 0 aromatic carbocycles. The van der Waals surface area contributed by atoms with Gasteiger partial charge >= 0.3 is 5.97 Å². The van der Waals surface area contributed by atoms with Gasteiger partial charge in [0.1, 0.15) is 0 Å². The molecule has 5 N–H and O–H groups in total. The Hall–Kier alpha value is -0.690. The molecule has 0 heterocycles. The first-order chi connectivity index (χ1) is 19.3. The maximum Gasteiger partial charge on any atom is 0.306 e. The summed E-state index contributed by atoms with van der Waals surface area (Å²) in [7, 11) is 0. The van der Waals surface area contributed by atoms with Crippen molar-refractivity contribution in [1.29, 1.82) is 0 Å². The van der Waals surface area contributed by atoms with Gasteiger partial charge in [0.05, 0.1) is 6.10 Å². The molecule has 8 atom stereocenters. The van der Waals surface area contributed by atoms with E-state index in [2.05, 4.69) is 29.8 Å². The standard InChI is InChI=1S/C34H64N4O2/c1-25(2)40-32(39)13-10-26-9-12-30-29-11-8-27-24-28(14-16-34(27,4)31(29)15-17-33(26,30)3)38-23-7-22-37-21-6-20-36-19-5-18-35/h25-31,36-38H,5-24,35H2,1-4H3/t26-,27?,28+,29?,30?,31?,33-,34+/m1/s1. The monoisotopic (exact) mass is 561 g/mol. The van der Waals surface area contributed by atoms with E-state index in [0.29, 0.717) is 23.2 Å². The van der Waals surface area contributed by atoms with Gasteiger partial charge in [-0.05, 0) is 177 Å². The van der Waals surface area contributed by atoms with Crippen molar-refractivity contribution in [2.24, 2.45) is 46.2 Å². The van der Waals surface area contributed by atoms with E-state index in [4.69, 9.17) is 10.5 Å². The number of rotatable bonds is 16. The van der Waals surface area contributed by atoms with Crippen LogP contribution in [-0.2, 0) is 9.53 Å². The molecule has 4 rings (SSSR count). The van der Waals surface area contributed by atoms with Crippen LogP contribution in [0.15, 0.2) is 0 Å². The second-order valence-electron chi connectivity index (χ2n) is 14.8. The molecule has 0 bridgehead atoms. The third-order valence-electron chi connectivity index (χ3n) is 12.2. The van der Waals surface area contributed by atoms with Crippen LogP contribution in [0.5, 0.6) is 0 Å². The lowest BCUT2D eigenvalue weighted by Crippen LogP contribution is -2.55. The van der Waals surface area contributed by atoms with E-state index in [1.54, 1.807) is 0 Å². The van der Waals surface area contributed by atoms with Crippen LogP contribution in [0, 0.1) is 40.4 Å². The number of carbonyl (C=O) groups excluding carboxylic acids is 1. The highest BCUT2D eigenvalue weighted by atomic mass is 16.5. The van der Waals surface area contributed by atoms with Gasteiger partial charge in [-0.3, -0.25) is 4.79 Å². The number of hydrogen-bond acceptors (Lipinski definition) is 6. The van der Waals surface area contributed by atoms with Crippen molar-refractivity contribution < 1.29 is 9.53 Å². The molecule has 0 saturated heterocycles. The van der Waals surface area contributed by atoms with Crippen LogP contribution >= 0.6 is 0 Å². The third-order valence-corrected chi connectivity index (χ3v) is 12.2. The second kappa shape index (κ2) is 15.2. The van der Waals surface area contributed by atoms with E-state index in [-0.39, 0.29) is 12.1 Å². The SMILES string of the molecule is CC(C)OC(=O)CC[C@H]1CCC2C3CCC4C[C@@H](NCCCNCCCNCCCN)CC[C@]4(C)C3CC[C@@]21C. The Balaban J connectivity index is 1.17. The summed E-state index contributed by atoms with van der Waals surface area (Å²) in [6.45, 7) is 15.5. The normalized spacial score (nSPS) is 37.1. The Labute approximate surface area is 246 Å². The van der Waals surface area contributed by atoms with Crippen molar-refractivity contribution in [3.05, 3.63) is 0 Å². The zero-order valence-electron chi connectivity index (χ0n) is 26.6. The highest BCUT2D eigenvalue weighted by Crippen LogP contribution is 2.67. The minimum atomic E-state index is 0.00258. The average Bonchev–Trinajstić information content (AvgIpc) is 3.26. The van der Waals surface area contributed by atoms with Crippen LogP contribution in [0.2, 0.25) is 0 Å². The van der Waals surface area contributed by atoms with Crippen molar-refractivity contribution in [3.8, 4) is 0 Å². The van der Waals surface area contributed by atoms with Crippen LogP contribution in [0.4, 0.5) is 0 Å². The second-order valence-corrected chi connectivity index (χ2v) is 14.8. The first-order valence-electron chi connectivity index (χ1n) is 17.3. The molecule has 40 heavy (non-hydrogen) atoms. The minimum Gasteiger partial charge on any atom is -0.463 e. The van der Waals surface area contributed by atoms with Gasteiger partial charge in [-0.25, -0.2) is 0 Å². The van der Waals surface area contributed by atoms with E-state index < -0.39 is 0 Å². The van der Waals surface area contributed by atoms with Gasteiger partial charge < -0.3 is 26.4 Å². The summed E-state index contributed by atoms with van der Waals surface area (Å²) in [5, 5.41) is 11.0. The van der Waals surface area contributed by atoms with Gasteiger partial charge in [-0.15, -0.1) is 0 Å². The summed E-state index contributed by atoms with van der Waals surface area (Å²) in [6, 6.07) is 0.719. The lowest BCUT2D eigenvalue weighted by atomic mass is 9.44. The molecule has 4 aliphatic carbocycles. The highest BCUT2D eigenvalue weighted by molar-refractivity contribution is 5.69. The number of carbonyl (C=O) groups is 1. The summed E-state index contributed by atoms with van der Waals surface area (Å²) in [5.74, 6) is 4.32. The Morgan fingerprint density at radius 1 is 0.850 bits per heavy atom. The van der Waals surface area contributed by atoms with Crippen LogP contribution in [0.1, 0.15) is 118 Å². The number of nitrogens with two attached hydrogens (primary N) is 1. The van der Waals surface area contributed by atoms with Crippen molar-refractivity contribution >= 4 is 5.97 Å². The first kappa shape index (κ1) is 32.2. The molecule has 0 aromatic heterocycles. The van der Waals surface area contributed by atoms with Crippen molar-refractivity contribution in [2.75, 3.05) is 39.3 Å². The molecule has 4 fully saturated rings. The summed E-state index contributed by atoms with van der Waals surface area (Å²) in [4.78, 5) is 12.3. The predicted molar refractivity (Wildman–Crippen MR) is 166 cm³/mol. The lowest BCUT2D eigenvalue weighted by Gasteiger charge is -2.61. The molecular weight excluding hydrogens is 496 g/mol. The van der Waals surface area contributed by atoms with Crippen LogP contribution < -0.4 is 21.7 Å². The molecule has 232 valence electrons. The zero-order chi connectivity index (χ0) is 28.6. The van der Waals surface area contributed by atoms with Gasteiger partial charge in [0, 0.05) is 12.5 Å². The fourth-order valence-corrected chi connectivity index (χ4v) is 9.98. The Morgan fingerprint density at radius 3 is 2.25 bits per heavy atom. The summed E-state index contributed by atoms with van der Waals surface area (Å²) < 4.78 is 5.46. The van der Waals surface area contributed by atoms with E-state index in [0.717, 1.165) is 81.8 Å². The maximum atomic E-state index is 12.3. The van der Waals surface area contributed by atoms with Crippen molar-refractivity contribution in [3.63, 3.8) is 0 Å². The number of fused-ring (bicyclic) bond motifs is 5. The molecule has 4 aliphatic rings. The number of ether oxygens (including phenoxy) is 1. The molecule has 6 nitrogen and oxygen atoms in total. The fourth-order valence-electron chi connectivity index (χ4n) is 9.98. The topological polar surface area (TPSA) is 88.4 Å². The van der Waals surface area contributed by atoms with Crippen LogP contribution in [0.25, 0.3) is 0 Å². The zero-order valence-corrected chi connectivity index (χ0v) is 26.6. The Morgan fingerprint density at radius 2 is 1.52 bits per heavy atom. The van der Waals surface area contributed by atoms with Crippen LogP contribution in [-0.4, -0.2) is 57.4 Å². The first-order valence-corrected chi connectivity index (χ1v) is 17.3. The van der Waals surface area contributed by atoms with Gasteiger partial charge in [-0.2, -0.15) is 0 Å². The third kappa shape index (κ3) is 7.82. The quantitative estimate of drug-likeness (QED) is 0.144. The lowest BCUT2D eigenvalue weighted by molar-refractivity contribution is -0.148. The van der Waals surface area contributed by atoms with Crippen molar-refractivity contribution in [1.82, 2.24) is 16.0 Å². The van der Waals surface area contributed by atoms with Gasteiger partial charge in [0.15, 0.2) is 0 Å². The van der Waals surface area contributed by atoms with Gasteiger partial charge in [0.25, 0.3) is 0 Å². The van der Waals surface area contributed by atoms with E-state index in [9.17, 15) is 4.79 Å². The number of hydrogen-bond donors (Lipinski definition) is 4. The molecular formula is C34H64N4O2. The Kier molecular flexibility index (Phi) is 12.2. The molecule has 0 aliphatic heterocycles. The molecule has 4 unspecified atom stereocenters. The van der Waals surface area contributed by atoms with Crippen molar-refractivity contribution in [2.45, 2.75) is 130 Å². The molecule has 0 amide bonds. The molecule has 0 aromatic rings. The summed E-state index contributed by atoms with van der Waals surface area (Å²) in [6.07, 6.45) is 17.7. The summed E-state index contributed by atoms with van der Waals surface area (Å²) >= 11 is 0. The molecule has 4 saturated carbocycles. The van der Waals surface area contributed by atoms with E-state index in [1.807, 2.05) is 13.8 Å². The highest BCUT2D eigenvalue weighted by Gasteiger charge is 2.59. The van der Waals surface area contributed by atoms with Crippen LogP contribution in [0.3, 0.4) is 0 Å². The van der Waals surface area contributed by atoms with E-state index >= 15 is 0 Å². The van der Waals surface area contributed by atoms with E-state index in [1.165, 1.54) is 70.6 Å². The predicted octanol–water partition coefficient (Wildman–Crippen LogP) is 5.64. The minimum absolute atomic E-state index is 0.00258. The van der Waals surface area contributed by atoms with Gasteiger partial charge in [0.2, 0.25) is 0 Å². The maximum absolute atomic E-state index is 12.3. The molecule has 0 radical (unpaired) electrons. The average molecular weight is 561 g/mol. The Bertz CT molecular complexity index is 777. The number of nitrogens with one attached hydrogen (secondary N) is 3.